The van der Waals surface area contributed by atoms with Crippen LogP contribution in [-0.4, -0.2) is 30.6 Å². The fraction of sp³-hybridized carbons (Fsp3) is 0.467. The first kappa shape index (κ1) is 16.2. The van der Waals surface area contributed by atoms with E-state index in [4.69, 9.17) is 9.47 Å². The molecular weight excluding hydrogens is 258 g/mol. The van der Waals surface area contributed by atoms with E-state index in [1.54, 1.807) is 20.8 Å². The largest absolute Gasteiger partial charge is 0.464 e. The number of esters is 1. The van der Waals surface area contributed by atoms with Crippen molar-refractivity contribution in [2.24, 2.45) is 0 Å². The lowest BCUT2D eigenvalue weighted by Crippen LogP contribution is -2.44. The van der Waals surface area contributed by atoms with E-state index in [-0.39, 0.29) is 5.91 Å². The molecule has 0 aliphatic rings. The summed E-state index contributed by atoms with van der Waals surface area (Å²) < 4.78 is 10.3. The third-order valence-electron chi connectivity index (χ3n) is 2.71. The normalized spacial score (nSPS) is 13.3. The summed E-state index contributed by atoms with van der Waals surface area (Å²) in [6.45, 7) is 5.59. The highest BCUT2D eigenvalue weighted by Gasteiger charge is 2.20. The maximum Gasteiger partial charge on any atom is 0.328 e. The van der Waals surface area contributed by atoms with Crippen LogP contribution in [0.3, 0.4) is 0 Å². The Hall–Kier alpha value is -1.88. The SMILES string of the molecule is CCOC(=O)C(C)NC(=O)C(C)OCc1ccccc1. The van der Waals surface area contributed by atoms with Crippen molar-refractivity contribution in [1.29, 1.82) is 0 Å². The van der Waals surface area contributed by atoms with Gasteiger partial charge in [0.2, 0.25) is 5.91 Å². The summed E-state index contributed by atoms with van der Waals surface area (Å²) in [5.74, 6) is -0.780. The van der Waals surface area contributed by atoms with Crippen LogP contribution in [0.15, 0.2) is 30.3 Å². The van der Waals surface area contributed by atoms with Gasteiger partial charge in [0.05, 0.1) is 13.2 Å². The van der Waals surface area contributed by atoms with Crippen LogP contribution in [0.2, 0.25) is 0 Å². The summed E-state index contributed by atoms with van der Waals surface area (Å²) in [6, 6.07) is 8.90. The lowest BCUT2D eigenvalue weighted by atomic mass is 10.2. The summed E-state index contributed by atoms with van der Waals surface area (Å²) in [4.78, 5) is 23.2. The van der Waals surface area contributed by atoms with Crippen molar-refractivity contribution in [2.45, 2.75) is 39.5 Å². The highest BCUT2D eigenvalue weighted by Crippen LogP contribution is 2.03. The molecule has 1 amide bonds. The zero-order valence-corrected chi connectivity index (χ0v) is 12.1. The van der Waals surface area contributed by atoms with Gasteiger partial charge in [0, 0.05) is 0 Å². The van der Waals surface area contributed by atoms with Gasteiger partial charge in [-0.2, -0.15) is 0 Å². The lowest BCUT2D eigenvalue weighted by Gasteiger charge is -2.17. The Morgan fingerprint density at radius 2 is 1.85 bits per heavy atom. The first-order valence-electron chi connectivity index (χ1n) is 6.67. The second-order valence-corrected chi connectivity index (χ2v) is 4.42. The number of benzene rings is 1. The van der Waals surface area contributed by atoms with E-state index in [1.807, 2.05) is 30.3 Å². The maximum atomic E-state index is 11.8. The van der Waals surface area contributed by atoms with E-state index >= 15 is 0 Å². The number of hydrogen-bond donors (Lipinski definition) is 1. The van der Waals surface area contributed by atoms with Crippen molar-refractivity contribution in [3.63, 3.8) is 0 Å². The Morgan fingerprint density at radius 3 is 2.45 bits per heavy atom. The molecule has 1 N–H and O–H groups in total. The second-order valence-electron chi connectivity index (χ2n) is 4.42. The predicted molar refractivity (Wildman–Crippen MR) is 74.9 cm³/mol. The first-order valence-corrected chi connectivity index (χ1v) is 6.67. The number of carbonyl (C=O) groups excluding carboxylic acids is 2. The van der Waals surface area contributed by atoms with Gasteiger partial charge >= 0.3 is 5.97 Å². The molecule has 1 rings (SSSR count). The van der Waals surface area contributed by atoms with Crippen molar-refractivity contribution in [3.05, 3.63) is 35.9 Å². The zero-order chi connectivity index (χ0) is 15.0. The average Bonchev–Trinajstić information content (AvgIpc) is 2.45. The summed E-state index contributed by atoms with van der Waals surface area (Å²) in [7, 11) is 0. The quantitative estimate of drug-likeness (QED) is 0.771. The van der Waals surface area contributed by atoms with Crippen LogP contribution in [-0.2, 0) is 25.7 Å². The van der Waals surface area contributed by atoms with Gasteiger partial charge in [-0.1, -0.05) is 30.3 Å². The molecule has 5 nitrogen and oxygen atoms in total. The fourth-order valence-electron chi connectivity index (χ4n) is 1.53. The molecule has 0 aliphatic heterocycles. The maximum absolute atomic E-state index is 11.8. The molecule has 1 aromatic rings. The van der Waals surface area contributed by atoms with Gasteiger partial charge in [-0.3, -0.25) is 4.79 Å². The van der Waals surface area contributed by atoms with Crippen LogP contribution in [0.5, 0.6) is 0 Å². The topological polar surface area (TPSA) is 64.6 Å². The van der Waals surface area contributed by atoms with E-state index in [0.29, 0.717) is 13.2 Å². The van der Waals surface area contributed by atoms with E-state index in [2.05, 4.69) is 5.32 Å². The number of amides is 1. The molecule has 0 bridgehead atoms. The van der Waals surface area contributed by atoms with Crippen molar-refractivity contribution < 1.29 is 19.1 Å². The minimum Gasteiger partial charge on any atom is -0.464 e. The lowest BCUT2D eigenvalue weighted by molar-refractivity contribution is -0.148. The van der Waals surface area contributed by atoms with E-state index in [1.165, 1.54) is 0 Å². The van der Waals surface area contributed by atoms with Gasteiger partial charge in [0.15, 0.2) is 0 Å². The highest BCUT2D eigenvalue weighted by molar-refractivity contribution is 5.86. The van der Waals surface area contributed by atoms with Crippen molar-refractivity contribution in [2.75, 3.05) is 6.61 Å². The standard InChI is InChI=1S/C15H21NO4/c1-4-19-15(18)11(2)16-14(17)12(3)20-10-13-8-6-5-7-9-13/h5-9,11-12H,4,10H2,1-3H3,(H,16,17). The van der Waals surface area contributed by atoms with Crippen molar-refractivity contribution >= 4 is 11.9 Å². The highest BCUT2D eigenvalue weighted by atomic mass is 16.5. The number of nitrogens with one attached hydrogen (secondary N) is 1. The van der Waals surface area contributed by atoms with Crippen molar-refractivity contribution in [1.82, 2.24) is 5.32 Å². The minimum atomic E-state index is -0.676. The predicted octanol–water partition coefficient (Wildman–Crippen LogP) is 1.66. The zero-order valence-electron chi connectivity index (χ0n) is 12.1. The Labute approximate surface area is 119 Å². The van der Waals surface area contributed by atoms with E-state index < -0.39 is 18.1 Å². The van der Waals surface area contributed by atoms with Crippen LogP contribution < -0.4 is 5.32 Å². The van der Waals surface area contributed by atoms with Gasteiger partial charge < -0.3 is 14.8 Å². The molecule has 0 aliphatic carbocycles. The molecule has 5 heteroatoms. The van der Waals surface area contributed by atoms with E-state index in [9.17, 15) is 9.59 Å². The molecule has 0 spiro atoms. The van der Waals surface area contributed by atoms with Crippen LogP contribution in [0.25, 0.3) is 0 Å². The molecule has 2 unspecified atom stereocenters. The summed E-state index contributed by atoms with van der Waals surface area (Å²) in [6.07, 6.45) is -0.632. The van der Waals surface area contributed by atoms with Crippen LogP contribution in [0.1, 0.15) is 26.3 Å². The average molecular weight is 279 g/mol. The third kappa shape index (κ3) is 5.40. The second kappa shape index (κ2) is 8.32. The van der Waals surface area contributed by atoms with Gasteiger partial charge in [-0.05, 0) is 26.3 Å². The Morgan fingerprint density at radius 1 is 1.20 bits per heavy atom. The molecule has 20 heavy (non-hydrogen) atoms. The van der Waals surface area contributed by atoms with Crippen LogP contribution >= 0.6 is 0 Å². The molecule has 0 heterocycles. The summed E-state index contributed by atoms with van der Waals surface area (Å²) in [5, 5.41) is 2.56. The van der Waals surface area contributed by atoms with Crippen LogP contribution in [0.4, 0.5) is 0 Å². The summed E-state index contributed by atoms with van der Waals surface area (Å²) in [5.41, 5.74) is 0.991. The molecule has 0 saturated heterocycles. The molecule has 110 valence electrons. The molecule has 2 atom stereocenters. The number of hydrogen-bond acceptors (Lipinski definition) is 4. The number of rotatable bonds is 7. The Kier molecular flexibility index (Phi) is 6.73. The molecule has 0 radical (unpaired) electrons. The molecule has 0 aromatic heterocycles. The Balaban J connectivity index is 2.37. The van der Waals surface area contributed by atoms with Crippen molar-refractivity contribution in [3.8, 4) is 0 Å². The monoisotopic (exact) mass is 279 g/mol. The first-order chi connectivity index (χ1) is 9.54. The molecule has 0 saturated carbocycles. The van der Waals surface area contributed by atoms with E-state index in [0.717, 1.165) is 5.56 Å². The molecule has 1 aromatic carbocycles. The molecular formula is C15H21NO4. The van der Waals surface area contributed by atoms with Gasteiger partial charge in [-0.25, -0.2) is 4.79 Å². The number of ether oxygens (including phenoxy) is 2. The smallest absolute Gasteiger partial charge is 0.328 e. The molecule has 0 fully saturated rings. The third-order valence-corrected chi connectivity index (χ3v) is 2.71. The summed E-state index contributed by atoms with van der Waals surface area (Å²) >= 11 is 0. The number of carbonyl (C=O) groups is 2. The minimum absolute atomic E-state index is 0.291. The van der Waals surface area contributed by atoms with Gasteiger partial charge in [-0.15, -0.1) is 0 Å². The fourth-order valence-corrected chi connectivity index (χ4v) is 1.53. The van der Waals surface area contributed by atoms with Crippen LogP contribution in [0, 0.1) is 0 Å². The van der Waals surface area contributed by atoms with Gasteiger partial charge in [0.1, 0.15) is 12.1 Å². The van der Waals surface area contributed by atoms with Gasteiger partial charge in [0.25, 0.3) is 0 Å². The Bertz CT molecular complexity index is 433.